The van der Waals surface area contributed by atoms with Crippen LogP contribution in [0, 0.1) is 0 Å². The van der Waals surface area contributed by atoms with Gasteiger partial charge < -0.3 is 0 Å². The zero-order valence-corrected chi connectivity index (χ0v) is 29.5. The van der Waals surface area contributed by atoms with Gasteiger partial charge >= 0.3 is 0 Å². The van der Waals surface area contributed by atoms with Crippen LogP contribution in [0.15, 0.2) is 188 Å². The number of rotatable bonds is 6. The standard InChI is InChI=1S/C49H31N3S/c1-2-10-36(11-3-1)49-51-45(35-20-17-33(18-21-35)34-23-25-50-26-24-34)31-46(52-49)41-29-39(38-22-19-32-9-4-5-12-37(32)27-38)28-40(30-41)42-14-8-15-44-43-13-6-7-16-47(43)53-48(42)44/h1-31H. The molecule has 0 fully saturated rings. The van der Waals surface area contributed by atoms with E-state index in [4.69, 9.17) is 9.97 Å². The highest BCUT2D eigenvalue weighted by atomic mass is 32.1. The molecule has 0 spiro atoms. The fourth-order valence-corrected chi connectivity index (χ4v) is 8.52. The average Bonchev–Trinajstić information content (AvgIpc) is 3.63. The van der Waals surface area contributed by atoms with Crippen molar-refractivity contribution in [3.05, 3.63) is 188 Å². The Kier molecular flexibility index (Phi) is 7.67. The van der Waals surface area contributed by atoms with Gasteiger partial charge in [0.05, 0.1) is 11.4 Å². The minimum atomic E-state index is 0.695. The quantitative estimate of drug-likeness (QED) is 0.174. The Morgan fingerprint density at radius 2 is 1.00 bits per heavy atom. The number of thiophene rings is 1. The highest BCUT2D eigenvalue weighted by Gasteiger charge is 2.16. The van der Waals surface area contributed by atoms with Crippen LogP contribution in [-0.2, 0) is 0 Å². The number of nitrogens with zero attached hydrogens (tertiary/aromatic N) is 3. The van der Waals surface area contributed by atoms with E-state index < -0.39 is 0 Å². The molecule has 0 unspecified atom stereocenters. The Labute approximate surface area is 311 Å². The van der Waals surface area contributed by atoms with Gasteiger partial charge in [-0.3, -0.25) is 4.98 Å². The van der Waals surface area contributed by atoms with Gasteiger partial charge in [-0.25, -0.2) is 9.97 Å². The van der Waals surface area contributed by atoms with E-state index in [1.165, 1.54) is 42.1 Å². The van der Waals surface area contributed by atoms with Gasteiger partial charge in [0.15, 0.2) is 5.82 Å². The molecule has 0 bridgehead atoms. The number of pyridine rings is 1. The third-order valence-electron chi connectivity index (χ3n) is 9.98. The molecule has 248 valence electrons. The van der Waals surface area contributed by atoms with Crippen LogP contribution in [0.25, 0.3) is 98.2 Å². The van der Waals surface area contributed by atoms with Crippen LogP contribution in [-0.4, -0.2) is 15.0 Å². The number of fused-ring (bicyclic) bond motifs is 4. The fraction of sp³-hybridized carbons (Fsp3) is 0. The van der Waals surface area contributed by atoms with Gasteiger partial charge in [-0.15, -0.1) is 11.3 Å². The molecule has 0 aliphatic heterocycles. The summed E-state index contributed by atoms with van der Waals surface area (Å²) < 4.78 is 2.58. The van der Waals surface area contributed by atoms with Crippen LogP contribution < -0.4 is 0 Å². The van der Waals surface area contributed by atoms with E-state index in [1.54, 1.807) is 0 Å². The summed E-state index contributed by atoms with van der Waals surface area (Å²) in [7, 11) is 0. The first-order valence-corrected chi connectivity index (χ1v) is 18.6. The molecule has 0 saturated heterocycles. The van der Waals surface area contributed by atoms with Gasteiger partial charge in [0, 0.05) is 49.3 Å². The second-order valence-electron chi connectivity index (χ2n) is 13.3. The number of aromatic nitrogens is 3. The summed E-state index contributed by atoms with van der Waals surface area (Å²) in [6.07, 6.45) is 3.65. The lowest BCUT2D eigenvalue weighted by molar-refractivity contribution is 1.18. The van der Waals surface area contributed by atoms with E-state index >= 15 is 0 Å². The molecule has 3 nitrogen and oxygen atoms in total. The maximum atomic E-state index is 5.27. The lowest BCUT2D eigenvalue weighted by Crippen LogP contribution is -1.96. The molecule has 3 heterocycles. The molecule has 0 atom stereocenters. The van der Waals surface area contributed by atoms with Gasteiger partial charge in [0.1, 0.15) is 0 Å². The van der Waals surface area contributed by atoms with Crippen molar-refractivity contribution in [3.63, 3.8) is 0 Å². The predicted octanol–water partition coefficient (Wildman–Crippen LogP) is 13.4. The normalized spacial score (nSPS) is 11.4. The van der Waals surface area contributed by atoms with Gasteiger partial charge in [-0.1, -0.05) is 127 Å². The summed E-state index contributed by atoms with van der Waals surface area (Å²) in [6.45, 7) is 0. The molecule has 53 heavy (non-hydrogen) atoms. The Balaban J connectivity index is 1.19. The number of hydrogen-bond donors (Lipinski definition) is 0. The molecule has 0 amide bonds. The van der Waals surface area contributed by atoms with Gasteiger partial charge in [0.2, 0.25) is 0 Å². The topological polar surface area (TPSA) is 38.7 Å². The summed E-state index contributed by atoms with van der Waals surface area (Å²) >= 11 is 1.86. The Bertz CT molecular complexity index is 2930. The summed E-state index contributed by atoms with van der Waals surface area (Å²) in [4.78, 5) is 14.6. The molecule has 0 saturated carbocycles. The first kappa shape index (κ1) is 31.0. The zero-order chi connectivity index (χ0) is 35.1. The average molecular weight is 694 g/mol. The van der Waals surface area contributed by atoms with Crippen molar-refractivity contribution >= 4 is 42.3 Å². The molecule has 10 aromatic rings. The van der Waals surface area contributed by atoms with Crippen LogP contribution in [0.2, 0.25) is 0 Å². The SMILES string of the molecule is c1ccc(-c2nc(-c3ccc(-c4ccncc4)cc3)cc(-c3cc(-c4ccc5ccccc5c4)cc(-c4cccc5c4sc4ccccc45)c3)n2)cc1. The Morgan fingerprint density at radius 3 is 1.85 bits per heavy atom. The summed E-state index contributed by atoms with van der Waals surface area (Å²) in [5, 5.41) is 5.02. The Hall–Kier alpha value is -6.75. The van der Waals surface area contributed by atoms with Crippen molar-refractivity contribution in [2.24, 2.45) is 0 Å². The first-order chi connectivity index (χ1) is 26.2. The molecular weight excluding hydrogens is 663 g/mol. The van der Waals surface area contributed by atoms with E-state index in [2.05, 4.69) is 151 Å². The molecule has 7 aromatic carbocycles. The summed E-state index contributed by atoms with van der Waals surface area (Å²) in [6, 6.07) is 62.7. The van der Waals surface area contributed by atoms with E-state index in [0.29, 0.717) is 5.82 Å². The molecule has 10 rings (SSSR count). The lowest BCUT2D eigenvalue weighted by Gasteiger charge is -2.14. The molecular formula is C49H31N3S. The molecule has 0 N–H and O–H groups in total. The third kappa shape index (κ3) is 5.85. The Morgan fingerprint density at radius 1 is 0.358 bits per heavy atom. The van der Waals surface area contributed by atoms with Crippen LogP contribution in [0.4, 0.5) is 0 Å². The second kappa shape index (κ2) is 13.1. The summed E-state index contributed by atoms with van der Waals surface area (Å²) in [5.74, 6) is 0.695. The van der Waals surface area contributed by atoms with Crippen LogP contribution in [0.5, 0.6) is 0 Å². The largest absolute Gasteiger partial charge is 0.265 e. The molecule has 0 radical (unpaired) electrons. The van der Waals surface area contributed by atoms with E-state index in [1.807, 2.05) is 54.1 Å². The first-order valence-electron chi connectivity index (χ1n) is 17.7. The second-order valence-corrected chi connectivity index (χ2v) is 14.3. The van der Waals surface area contributed by atoms with Crippen molar-refractivity contribution in [1.82, 2.24) is 15.0 Å². The lowest BCUT2D eigenvalue weighted by atomic mass is 9.93. The number of hydrogen-bond acceptors (Lipinski definition) is 4. The van der Waals surface area contributed by atoms with Crippen LogP contribution >= 0.6 is 11.3 Å². The van der Waals surface area contributed by atoms with Crippen molar-refractivity contribution in [3.8, 4) is 67.3 Å². The van der Waals surface area contributed by atoms with Gasteiger partial charge in [0.25, 0.3) is 0 Å². The van der Waals surface area contributed by atoms with Crippen LogP contribution in [0.3, 0.4) is 0 Å². The number of benzene rings is 7. The summed E-state index contributed by atoms with van der Waals surface area (Å²) in [5.41, 5.74) is 11.8. The molecule has 3 aromatic heterocycles. The minimum absolute atomic E-state index is 0.695. The van der Waals surface area contributed by atoms with Crippen molar-refractivity contribution in [2.45, 2.75) is 0 Å². The molecule has 0 aliphatic carbocycles. The van der Waals surface area contributed by atoms with Crippen molar-refractivity contribution in [2.75, 3.05) is 0 Å². The minimum Gasteiger partial charge on any atom is -0.265 e. The third-order valence-corrected chi connectivity index (χ3v) is 11.2. The highest BCUT2D eigenvalue weighted by molar-refractivity contribution is 7.26. The highest BCUT2D eigenvalue weighted by Crippen LogP contribution is 2.42. The smallest absolute Gasteiger partial charge is 0.160 e. The monoisotopic (exact) mass is 693 g/mol. The van der Waals surface area contributed by atoms with E-state index in [0.717, 1.165) is 50.3 Å². The van der Waals surface area contributed by atoms with Gasteiger partial charge in [-0.05, 0) is 92.7 Å². The van der Waals surface area contributed by atoms with E-state index in [-0.39, 0.29) is 0 Å². The molecule has 0 aliphatic rings. The van der Waals surface area contributed by atoms with Crippen molar-refractivity contribution < 1.29 is 0 Å². The molecule has 4 heteroatoms. The van der Waals surface area contributed by atoms with Crippen LogP contribution in [0.1, 0.15) is 0 Å². The predicted molar refractivity (Wildman–Crippen MR) is 223 cm³/mol. The van der Waals surface area contributed by atoms with E-state index in [9.17, 15) is 0 Å². The maximum absolute atomic E-state index is 5.27. The van der Waals surface area contributed by atoms with Gasteiger partial charge in [-0.2, -0.15) is 0 Å². The zero-order valence-electron chi connectivity index (χ0n) is 28.6. The fourth-order valence-electron chi connectivity index (χ4n) is 7.28. The van der Waals surface area contributed by atoms with Crippen molar-refractivity contribution in [1.29, 1.82) is 0 Å². The maximum Gasteiger partial charge on any atom is 0.160 e.